The molecule has 4 nitrogen and oxygen atoms in total. The van der Waals surface area contributed by atoms with Gasteiger partial charge in [-0.1, -0.05) is 18.9 Å². The van der Waals surface area contributed by atoms with Crippen molar-refractivity contribution in [2.24, 2.45) is 5.92 Å². The van der Waals surface area contributed by atoms with Gasteiger partial charge in [-0.2, -0.15) is 13.2 Å². The van der Waals surface area contributed by atoms with Gasteiger partial charge in [0.05, 0.1) is 5.56 Å². The van der Waals surface area contributed by atoms with E-state index < -0.39 is 23.7 Å². The van der Waals surface area contributed by atoms with Crippen LogP contribution in [0, 0.1) is 5.92 Å². The standard InChI is InChI=1S/C16H19F3N2O2/c1-10(22)20-14(11-5-2-3-6-11)15(23)21-13-8-4-7-12(9-13)16(17,18)19/h4,7-9,11,14H,2-3,5-6H2,1H3,(H,20,22)(H,21,23)/t14-/m0/s1. The van der Waals surface area contributed by atoms with E-state index in [1.165, 1.54) is 19.1 Å². The molecule has 1 aliphatic rings. The van der Waals surface area contributed by atoms with Crippen molar-refractivity contribution in [2.45, 2.75) is 44.8 Å². The number of carbonyl (C=O) groups excluding carboxylic acids is 2. The smallest absolute Gasteiger partial charge is 0.344 e. The molecule has 0 saturated heterocycles. The van der Waals surface area contributed by atoms with Crippen LogP contribution in [0.2, 0.25) is 0 Å². The topological polar surface area (TPSA) is 58.2 Å². The number of halogens is 3. The molecular weight excluding hydrogens is 309 g/mol. The summed E-state index contributed by atoms with van der Waals surface area (Å²) in [7, 11) is 0. The summed E-state index contributed by atoms with van der Waals surface area (Å²) in [6.45, 7) is 1.32. The molecule has 2 rings (SSSR count). The van der Waals surface area contributed by atoms with Crippen LogP contribution < -0.4 is 10.6 Å². The zero-order chi connectivity index (χ0) is 17.0. The van der Waals surface area contributed by atoms with E-state index in [4.69, 9.17) is 0 Å². The van der Waals surface area contributed by atoms with E-state index in [0.29, 0.717) is 0 Å². The Hall–Kier alpha value is -2.05. The Morgan fingerprint density at radius 2 is 1.87 bits per heavy atom. The van der Waals surface area contributed by atoms with Crippen molar-refractivity contribution < 1.29 is 22.8 Å². The molecule has 126 valence electrons. The van der Waals surface area contributed by atoms with Gasteiger partial charge in [0.15, 0.2) is 0 Å². The van der Waals surface area contributed by atoms with Crippen molar-refractivity contribution in [3.05, 3.63) is 29.8 Å². The summed E-state index contributed by atoms with van der Waals surface area (Å²) in [5.74, 6) is -0.794. The second-order valence-corrected chi connectivity index (χ2v) is 5.79. The Balaban J connectivity index is 2.13. The number of anilines is 1. The first-order chi connectivity index (χ1) is 10.8. The number of carbonyl (C=O) groups is 2. The number of nitrogens with one attached hydrogen (secondary N) is 2. The minimum Gasteiger partial charge on any atom is -0.344 e. The molecule has 1 aromatic carbocycles. The van der Waals surface area contributed by atoms with Crippen molar-refractivity contribution >= 4 is 17.5 Å². The third-order valence-corrected chi connectivity index (χ3v) is 3.97. The quantitative estimate of drug-likeness (QED) is 0.890. The van der Waals surface area contributed by atoms with E-state index >= 15 is 0 Å². The molecule has 1 saturated carbocycles. The third-order valence-electron chi connectivity index (χ3n) is 3.97. The van der Waals surface area contributed by atoms with Gasteiger partial charge in [0, 0.05) is 12.6 Å². The average Bonchev–Trinajstić information content (AvgIpc) is 2.97. The van der Waals surface area contributed by atoms with Gasteiger partial charge in [0.1, 0.15) is 6.04 Å². The van der Waals surface area contributed by atoms with Crippen LogP contribution in [0.4, 0.5) is 18.9 Å². The molecule has 0 aliphatic heterocycles. The summed E-state index contributed by atoms with van der Waals surface area (Å²) in [6.07, 6.45) is -0.861. The monoisotopic (exact) mass is 328 g/mol. The van der Waals surface area contributed by atoms with Crippen molar-refractivity contribution in [3.63, 3.8) is 0 Å². The molecule has 23 heavy (non-hydrogen) atoms. The number of hydrogen-bond acceptors (Lipinski definition) is 2. The van der Waals surface area contributed by atoms with Crippen LogP contribution in [-0.4, -0.2) is 17.9 Å². The Morgan fingerprint density at radius 1 is 1.22 bits per heavy atom. The first-order valence-corrected chi connectivity index (χ1v) is 7.52. The first kappa shape index (κ1) is 17.3. The molecule has 0 radical (unpaired) electrons. The van der Waals surface area contributed by atoms with E-state index in [2.05, 4.69) is 10.6 Å². The molecule has 1 atom stereocenters. The molecule has 7 heteroatoms. The number of amides is 2. The highest BCUT2D eigenvalue weighted by Crippen LogP contribution is 2.31. The SMILES string of the molecule is CC(=O)N[C@H](C(=O)Nc1cccc(C(F)(F)F)c1)C1CCCC1. The molecule has 0 bridgehead atoms. The third kappa shape index (κ3) is 4.71. The van der Waals surface area contributed by atoms with Crippen molar-refractivity contribution in [1.82, 2.24) is 5.32 Å². The predicted molar refractivity (Wildman–Crippen MR) is 79.6 cm³/mol. The van der Waals surface area contributed by atoms with E-state index in [0.717, 1.165) is 37.8 Å². The number of hydrogen-bond donors (Lipinski definition) is 2. The zero-order valence-corrected chi connectivity index (χ0v) is 12.7. The second-order valence-electron chi connectivity index (χ2n) is 5.79. The van der Waals surface area contributed by atoms with E-state index in [9.17, 15) is 22.8 Å². The molecule has 0 aromatic heterocycles. The highest BCUT2D eigenvalue weighted by Gasteiger charge is 2.33. The van der Waals surface area contributed by atoms with Gasteiger partial charge in [-0.05, 0) is 37.0 Å². The minimum atomic E-state index is -4.47. The summed E-state index contributed by atoms with van der Waals surface area (Å²) in [4.78, 5) is 23.7. The van der Waals surface area contributed by atoms with Gasteiger partial charge >= 0.3 is 6.18 Å². The Labute approximate surface area is 132 Å². The van der Waals surface area contributed by atoms with Crippen molar-refractivity contribution in [1.29, 1.82) is 0 Å². The molecule has 1 aromatic rings. The molecule has 2 N–H and O–H groups in total. The summed E-state index contributed by atoms with van der Waals surface area (Å²) in [5.41, 5.74) is -0.759. The molecule has 2 amide bonds. The fourth-order valence-corrected chi connectivity index (χ4v) is 2.90. The van der Waals surface area contributed by atoms with Gasteiger partial charge in [-0.3, -0.25) is 9.59 Å². The molecule has 1 fully saturated rings. The molecule has 0 heterocycles. The lowest BCUT2D eigenvalue weighted by Gasteiger charge is -2.23. The second kappa shape index (κ2) is 7.02. The maximum absolute atomic E-state index is 12.7. The largest absolute Gasteiger partial charge is 0.416 e. The van der Waals surface area contributed by atoms with E-state index in [1.54, 1.807) is 0 Å². The highest BCUT2D eigenvalue weighted by atomic mass is 19.4. The summed E-state index contributed by atoms with van der Waals surface area (Å²) >= 11 is 0. The average molecular weight is 328 g/mol. The number of rotatable bonds is 4. The fourth-order valence-electron chi connectivity index (χ4n) is 2.90. The Morgan fingerprint density at radius 3 is 2.43 bits per heavy atom. The minimum absolute atomic E-state index is 0.0182. The maximum atomic E-state index is 12.7. The van der Waals surface area contributed by atoms with Gasteiger partial charge in [-0.25, -0.2) is 0 Å². The lowest BCUT2D eigenvalue weighted by Crippen LogP contribution is -2.47. The lowest BCUT2D eigenvalue weighted by atomic mass is 9.97. The Kier molecular flexibility index (Phi) is 5.28. The fraction of sp³-hybridized carbons (Fsp3) is 0.500. The summed E-state index contributed by atoms with van der Waals surface area (Å²) < 4.78 is 38.1. The van der Waals surface area contributed by atoms with E-state index in [-0.39, 0.29) is 17.5 Å². The van der Waals surface area contributed by atoms with Gasteiger partial charge in [0.25, 0.3) is 0 Å². The first-order valence-electron chi connectivity index (χ1n) is 7.52. The Bertz CT molecular complexity index is 581. The van der Waals surface area contributed by atoms with Crippen LogP contribution in [-0.2, 0) is 15.8 Å². The molecule has 1 aliphatic carbocycles. The summed E-state index contributed by atoms with van der Waals surface area (Å²) in [6, 6.07) is 3.74. The van der Waals surface area contributed by atoms with Crippen LogP contribution in [0.3, 0.4) is 0 Å². The highest BCUT2D eigenvalue weighted by molar-refractivity contribution is 5.97. The van der Waals surface area contributed by atoms with Crippen LogP contribution in [0.25, 0.3) is 0 Å². The van der Waals surface area contributed by atoms with Gasteiger partial charge in [0.2, 0.25) is 11.8 Å². The van der Waals surface area contributed by atoms with E-state index in [1.807, 2.05) is 0 Å². The molecule has 0 unspecified atom stereocenters. The normalized spacial score (nSPS) is 16.9. The maximum Gasteiger partial charge on any atom is 0.416 e. The van der Waals surface area contributed by atoms with Gasteiger partial charge in [-0.15, -0.1) is 0 Å². The van der Waals surface area contributed by atoms with Gasteiger partial charge < -0.3 is 10.6 Å². The number of benzene rings is 1. The van der Waals surface area contributed by atoms with Crippen molar-refractivity contribution in [3.8, 4) is 0 Å². The van der Waals surface area contributed by atoms with Crippen molar-refractivity contribution in [2.75, 3.05) is 5.32 Å². The van der Waals surface area contributed by atoms with Crippen LogP contribution in [0.1, 0.15) is 38.2 Å². The van der Waals surface area contributed by atoms with Crippen LogP contribution in [0.5, 0.6) is 0 Å². The van der Waals surface area contributed by atoms with Crippen LogP contribution in [0.15, 0.2) is 24.3 Å². The van der Waals surface area contributed by atoms with Crippen LogP contribution >= 0.6 is 0 Å². The zero-order valence-electron chi connectivity index (χ0n) is 12.7. The predicted octanol–water partition coefficient (Wildman–Crippen LogP) is 3.34. The number of alkyl halides is 3. The molecular formula is C16H19F3N2O2. The molecule has 0 spiro atoms. The summed E-state index contributed by atoms with van der Waals surface area (Å²) in [5, 5.41) is 5.10. The lowest BCUT2D eigenvalue weighted by molar-refractivity contribution is -0.137.